The van der Waals surface area contributed by atoms with Crippen molar-refractivity contribution < 1.29 is 9.90 Å². The molecule has 0 aliphatic rings. The Balaban J connectivity index is 1.92. The standard InChI is InChI=1S/C17H11N5O3/c18-9-14(22-21-11-7-5-10(6-8-11)17(24)25)15-19-13-4-2-1-3-12(13)16(23)20-15/h1-8,21H,(H,24,25)(H,19,20,23)/b22-14-. The van der Waals surface area contributed by atoms with Gasteiger partial charge in [-0.1, -0.05) is 12.1 Å². The van der Waals surface area contributed by atoms with Crippen molar-refractivity contribution in [2.24, 2.45) is 5.10 Å². The molecule has 0 saturated heterocycles. The van der Waals surface area contributed by atoms with Gasteiger partial charge in [0, 0.05) is 0 Å². The molecule has 0 aliphatic heterocycles. The Hall–Kier alpha value is -3.99. The first-order chi connectivity index (χ1) is 12.1. The van der Waals surface area contributed by atoms with Crippen molar-refractivity contribution >= 4 is 28.3 Å². The lowest BCUT2D eigenvalue weighted by Gasteiger charge is -2.03. The van der Waals surface area contributed by atoms with Crippen LogP contribution in [0.15, 0.2) is 58.4 Å². The zero-order chi connectivity index (χ0) is 17.8. The molecular formula is C17H11N5O3. The van der Waals surface area contributed by atoms with Crippen LogP contribution in [0.3, 0.4) is 0 Å². The zero-order valence-electron chi connectivity index (χ0n) is 12.7. The Morgan fingerprint density at radius 3 is 2.60 bits per heavy atom. The molecule has 0 unspecified atom stereocenters. The number of aromatic nitrogens is 2. The van der Waals surface area contributed by atoms with Gasteiger partial charge in [-0.25, -0.2) is 9.78 Å². The Labute approximate surface area is 141 Å². The number of benzene rings is 2. The number of anilines is 1. The van der Waals surface area contributed by atoms with Crippen molar-refractivity contribution in [3.8, 4) is 6.07 Å². The molecule has 1 heterocycles. The van der Waals surface area contributed by atoms with E-state index in [1.807, 2.05) is 6.07 Å². The summed E-state index contributed by atoms with van der Waals surface area (Å²) in [4.78, 5) is 29.6. The first-order valence-electron chi connectivity index (χ1n) is 7.15. The monoisotopic (exact) mass is 333 g/mol. The maximum Gasteiger partial charge on any atom is 0.335 e. The molecule has 2 aromatic carbocycles. The molecule has 8 heteroatoms. The number of nitrogens with zero attached hydrogens (tertiary/aromatic N) is 3. The number of hydrogen-bond donors (Lipinski definition) is 3. The van der Waals surface area contributed by atoms with Gasteiger partial charge < -0.3 is 10.1 Å². The lowest BCUT2D eigenvalue weighted by atomic mass is 10.2. The summed E-state index contributed by atoms with van der Waals surface area (Å²) in [5.41, 5.74) is 3.24. The topological polar surface area (TPSA) is 131 Å². The number of hydrazone groups is 1. The summed E-state index contributed by atoms with van der Waals surface area (Å²) in [6.07, 6.45) is 0. The van der Waals surface area contributed by atoms with Crippen LogP contribution in [0.25, 0.3) is 10.9 Å². The number of para-hydroxylation sites is 1. The molecule has 0 bridgehead atoms. The molecule has 0 fully saturated rings. The molecule has 0 atom stereocenters. The summed E-state index contributed by atoms with van der Waals surface area (Å²) >= 11 is 0. The fraction of sp³-hybridized carbons (Fsp3) is 0. The molecule has 3 aromatic rings. The average molecular weight is 333 g/mol. The largest absolute Gasteiger partial charge is 0.478 e. The molecule has 0 saturated carbocycles. The fourth-order valence-corrected chi connectivity index (χ4v) is 2.14. The predicted octanol–water partition coefficient (Wildman–Crippen LogP) is 1.96. The summed E-state index contributed by atoms with van der Waals surface area (Å²) < 4.78 is 0. The first-order valence-corrected chi connectivity index (χ1v) is 7.15. The maximum atomic E-state index is 12.1. The van der Waals surface area contributed by atoms with Gasteiger partial charge in [0.1, 0.15) is 6.07 Å². The first kappa shape index (κ1) is 15.9. The molecule has 0 radical (unpaired) electrons. The van der Waals surface area contributed by atoms with E-state index >= 15 is 0 Å². The van der Waals surface area contributed by atoms with Crippen LogP contribution in [-0.2, 0) is 0 Å². The molecule has 0 spiro atoms. The van der Waals surface area contributed by atoms with E-state index in [-0.39, 0.29) is 22.7 Å². The molecule has 25 heavy (non-hydrogen) atoms. The molecule has 3 rings (SSSR count). The molecule has 0 aliphatic carbocycles. The Morgan fingerprint density at radius 1 is 1.20 bits per heavy atom. The fourth-order valence-electron chi connectivity index (χ4n) is 2.14. The zero-order valence-corrected chi connectivity index (χ0v) is 12.7. The highest BCUT2D eigenvalue weighted by molar-refractivity contribution is 6.10. The van der Waals surface area contributed by atoms with Gasteiger partial charge in [0.15, 0.2) is 5.82 Å². The van der Waals surface area contributed by atoms with Crippen molar-refractivity contribution in [3.63, 3.8) is 0 Å². The minimum atomic E-state index is -1.04. The third kappa shape index (κ3) is 3.35. The second kappa shape index (κ2) is 6.64. The van der Waals surface area contributed by atoms with Crippen molar-refractivity contribution in [2.45, 2.75) is 0 Å². The number of rotatable bonds is 4. The minimum Gasteiger partial charge on any atom is -0.478 e. The second-order valence-electron chi connectivity index (χ2n) is 5.00. The number of nitriles is 1. The smallest absolute Gasteiger partial charge is 0.335 e. The van der Waals surface area contributed by atoms with Gasteiger partial charge in [-0.3, -0.25) is 10.2 Å². The normalized spacial score (nSPS) is 11.1. The van der Waals surface area contributed by atoms with Crippen LogP contribution in [0.2, 0.25) is 0 Å². The van der Waals surface area contributed by atoms with Crippen molar-refractivity contribution in [2.75, 3.05) is 5.43 Å². The predicted molar refractivity (Wildman–Crippen MR) is 91.5 cm³/mol. The van der Waals surface area contributed by atoms with Gasteiger partial charge in [0.2, 0.25) is 5.71 Å². The number of carbonyl (C=O) groups is 1. The third-order valence-corrected chi connectivity index (χ3v) is 3.37. The molecule has 0 amide bonds. The molecule has 3 N–H and O–H groups in total. The van der Waals surface area contributed by atoms with Gasteiger partial charge in [-0.2, -0.15) is 10.4 Å². The molecule has 1 aromatic heterocycles. The van der Waals surface area contributed by atoms with Crippen LogP contribution in [0.5, 0.6) is 0 Å². The van der Waals surface area contributed by atoms with Crippen LogP contribution in [0, 0.1) is 11.3 Å². The van der Waals surface area contributed by atoms with Crippen molar-refractivity contribution in [1.82, 2.24) is 9.97 Å². The molecule has 8 nitrogen and oxygen atoms in total. The second-order valence-corrected chi connectivity index (χ2v) is 5.00. The van der Waals surface area contributed by atoms with E-state index in [0.29, 0.717) is 16.6 Å². The Morgan fingerprint density at radius 2 is 1.92 bits per heavy atom. The average Bonchev–Trinajstić information content (AvgIpc) is 2.63. The number of carboxylic acids is 1. The lowest BCUT2D eigenvalue weighted by Crippen LogP contribution is -2.16. The quantitative estimate of drug-likeness (QED) is 0.494. The van der Waals surface area contributed by atoms with E-state index < -0.39 is 5.97 Å². The van der Waals surface area contributed by atoms with Gasteiger partial charge in [0.05, 0.1) is 22.2 Å². The summed E-state index contributed by atoms with van der Waals surface area (Å²) in [7, 11) is 0. The lowest BCUT2D eigenvalue weighted by molar-refractivity contribution is 0.0697. The van der Waals surface area contributed by atoms with E-state index in [4.69, 9.17) is 5.11 Å². The number of fused-ring (bicyclic) bond motifs is 1. The van der Waals surface area contributed by atoms with E-state index in [1.165, 1.54) is 24.3 Å². The van der Waals surface area contributed by atoms with Gasteiger partial charge in [-0.05, 0) is 36.4 Å². The Kier molecular flexibility index (Phi) is 4.22. The van der Waals surface area contributed by atoms with Crippen molar-refractivity contribution in [1.29, 1.82) is 5.26 Å². The molecular weight excluding hydrogens is 322 g/mol. The van der Waals surface area contributed by atoms with Crippen LogP contribution in [-0.4, -0.2) is 26.8 Å². The van der Waals surface area contributed by atoms with Crippen LogP contribution in [0.4, 0.5) is 5.69 Å². The van der Waals surface area contributed by atoms with E-state index in [0.717, 1.165) is 0 Å². The highest BCUT2D eigenvalue weighted by atomic mass is 16.4. The number of carboxylic acid groups (broad SMARTS) is 1. The third-order valence-electron chi connectivity index (χ3n) is 3.37. The summed E-state index contributed by atoms with van der Waals surface area (Å²) in [5, 5.41) is 22.5. The van der Waals surface area contributed by atoms with Crippen LogP contribution in [0.1, 0.15) is 16.2 Å². The molecule has 122 valence electrons. The SMILES string of the molecule is N#C/C(=N/Nc1ccc(C(=O)O)cc1)c1nc2ccccc2c(=O)[nH]1. The van der Waals surface area contributed by atoms with E-state index in [2.05, 4.69) is 20.5 Å². The number of nitrogens with one attached hydrogen (secondary N) is 2. The van der Waals surface area contributed by atoms with Crippen LogP contribution < -0.4 is 11.0 Å². The van der Waals surface area contributed by atoms with Gasteiger partial charge >= 0.3 is 5.97 Å². The van der Waals surface area contributed by atoms with Gasteiger partial charge in [0.25, 0.3) is 5.56 Å². The van der Waals surface area contributed by atoms with E-state index in [9.17, 15) is 14.9 Å². The van der Waals surface area contributed by atoms with Gasteiger partial charge in [-0.15, -0.1) is 0 Å². The minimum absolute atomic E-state index is 0.0425. The highest BCUT2D eigenvalue weighted by Crippen LogP contribution is 2.10. The summed E-state index contributed by atoms with van der Waals surface area (Å²) in [6.45, 7) is 0. The maximum absolute atomic E-state index is 12.1. The summed E-state index contributed by atoms with van der Waals surface area (Å²) in [6, 6.07) is 14.5. The number of aromatic amines is 1. The Bertz CT molecular complexity index is 1080. The van der Waals surface area contributed by atoms with Crippen LogP contribution >= 0.6 is 0 Å². The number of hydrogen-bond acceptors (Lipinski definition) is 6. The number of aromatic carboxylic acids is 1. The highest BCUT2D eigenvalue weighted by Gasteiger charge is 2.09. The van der Waals surface area contributed by atoms with E-state index in [1.54, 1.807) is 24.3 Å². The number of H-pyrrole nitrogens is 1. The summed E-state index contributed by atoms with van der Waals surface area (Å²) in [5.74, 6) is -0.994. The van der Waals surface area contributed by atoms with Crippen molar-refractivity contribution in [3.05, 3.63) is 70.3 Å².